The molecule has 3 rings (SSSR count). The molecule has 0 unspecified atom stereocenters. The van der Waals surface area contributed by atoms with Gasteiger partial charge in [0.25, 0.3) is 0 Å². The standard InChI is InChI=1S/C16H10Br2OS/c17-13-4-3-10-7-12(2-1-11(10)8-13)15(19)9-16-14(18)5-6-20-16/h1-8H,9H2. The summed E-state index contributed by atoms with van der Waals surface area (Å²) < 4.78 is 2.06. The Hall–Kier alpha value is -0.970. The molecule has 0 aliphatic carbocycles. The van der Waals surface area contributed by atoms with Gasteiger partial charge in [-0.05, 0) is 56.3 Å². The molecule has 0 saturated carbocycles. The molecule has 0 fully saturated rings. The number of carbonyl (C=O) groups excluding carboxylic acids is 1. The Kier molecular flexibility index (Phi) is 4.06. The highest BCUT2D eigenvalue weighted by Gasteiger charge is 2.11. The summed E-state index contributed by atoms with van der Waals surface area (Å²) in [4.78, 5) is 13.4. The molecule has 0 aliphatic heterocycles. The van der Waals surface area contributed by atoms with Gasteiger partial charge in [-0.15, -0.1) is 11.3 Å². The van der Waals surface area contributed by atoms with E-state index in [0.29, 0.717) is 6.42 Å². The molecule has 0 radical (unpaired) electrons. The smallest absolute Gasteiger partial charge is 0.168 e. The normalized spacial score (nSPS) is 10.9. The average molecular weight is 410 g/mol. The Morgan fingerprint density at radius 3 is 2.50 bits per heavy atom. The highest BCUT2D eigenvalue weighted by atomic mass is 79.9. The summed E-state index contributed by atoms with van der Waals surface area (Å²) in [6.07, 6.45) is 0.445. The minimum absolute atomic E-state index is 0.151. The Balaban J connectivity index is 1.92. The average Bonchev–Trinajstić information content (AvgIpc) is 2.83. The fourth-order valence-corrected chi connectivity index (χ4v) is 3.96. The second kappa shape index (κ2) is 5.80. The molecule has 100 valence electrons. The number of rotatable bonds is 3. The zero-order valence-corrected chi connectivity index (χ0v) is 14.4. The monoisotopic (exact) mass is 408 g/mol. The van der Waals surface area contributed by atoms with E-state index in [1.54, 1.807) is 11.3 Å². The quantitative estimate of drug-likeness (QED) is 0.495. The van der Waals surface area contributed by atoms with Crippen LogP contribution in [0.4, 0.5) is 0 Å². The molecule has 0 spiro atoms. The lowest BCUT2D eigenvalue weighted by atomic mass is 10.0. The van der Waals surface area contributed by atoms with Crippen LogP contribution in [0, 0.1) is 0 Å². The van der Waals surface area contributed by atoms with Crippen LogP contribution in [0.15, 0.2) is 56.8 Å². The largest absolute Gasteiger partial charge is 0.294 e. The van der Waals surface area contributed by atoms with Crippen molar-refractivity contribution >= 4 is 59.8 Å². The third-order valence-electron chi connectivity index (χ3n) is 3.14. The minimum Gasteiger partial charge on any atom is -0.294 e. The molecule has 2 aromatic carbocycles. The Labute approximate surface area is 137 Å². The van der Waals surface area contributed by atoms with Gasteiger partial charge < -0.3 is 0 Å². The molecule has 1 heterocycles. The number of fused-ring (bicyclic) bond motifs is 1. The van der Waals surface area contributed by atoms with Crippen LogP contribution in [0.3, 0.4) is 0 Å². The SMILES string of the molecule is O=C(Cc1sccc1Br)c1ccc2cc(Br)ccc2c1. The molecule has 0 aliphatic rings. The fourth-order valence-electron chi connectivity index (χ4n) is 2.09. The molecule has 20 heavy (non-hydrogen) atoms. The minimum atomic E-state index is 0.151. The van der Waals surface area contributed by atoms with Crippen LogP contribution in [-0.4, -0.2) is 5.78 Å². The Morgan fingerprint density at radius 1 is 1.00 bits per heavy atom. The molecular weight excluding hydrogens is 400 g/mol. The van der Waals surface area contributed by atoms with E-state index >= 15 is 0 Å². The number of hydrogen-bond donors (Lipinski definition) is 0. The topological polar surface area (TPSA) is 17.1 Å². The number of ketones is 1. The van der Waals surface area contributed by atoms with E-state index in [9.17, 15) is 4.79 Å². The molecule has 3 aromatic rings. The van der Waals surface area contributed by atoms with E-state index in [1.807, 2.05) is 41.8 Å². The first-order valence-corrected chi connectivity index (χ1v) is 8.54. The Bertz CT molecular complexity index is 792. The molecule has 0 atom stereocenters. The number of benzene rings is 2. The van der Waals surface area contributed by atoms with Crippen molar-refractivity contribution in [3.8, 4) is 0 Å². The zero-order chi connectivity index (χ0) is 14.1. The summed E-state index contributed by atoms with van der Waals surface area (Å²) in [5, 5.41) is 4.21. The van der Waals surface area contributed by atoms with Gasteiger partial charge in [-0.25, -0.2) is 0 Å². The van der Waals surface area contributed by atoms with Crippen molar-refractivity contribution in [1.82, 2.24) is 0 Å². The van der Waals surface area contributed by atoms with Crippen molar-refractivity contribution in [3.05, 3.63) is 67.2 Å². The van der Waals surface area contributed by atoms with Gasteiger partial charge in [-0.1, -0.05) is 34.1 Å². The van der Waals surface area contributed by atoms with E-state index in [0.717, 1.165) is 30.2 Å². The molecule has 0 saturated heterocycles. The molecular formula is C16H10Br2OS. The molecule has 1 nitrogen and oxygen atoms in total. The molecule has 0 bridgehead atoms. The summed E-state index contributed by atoms with van der Waals surface area (Å²) in [7, 11) is 0. The van der Waals surface area contributed by atoms with Crippen molar-refractivity contribution in [1.29, 1.82) is 0 Å². The van der Waals surface area contributed by atoms with Gasteiger partial charge in [0.05, 0.1) is 0 Å². The number of thiophene rings is 1. The molecule has 0 N–H and O–H groups in total. The van der Waals surface area contributed by atoms with Gasteiger partial charge in [-0.3, -0.25) is 4.79 Å². The van der Waals surface area contributed by atoms with Crippen LogP contribution in [0.1, 0.15) is 15.2 Å². The highest BCUT2D eigenvalue weighted by molar-refractivity contribution is 9.10. The van der Waals surface area contributed by atoms with Crippen molar-refractivity contribution in [3.63, 3.8) is 0 Å². The number of halogens is 2. The fraction of sp³-hybridized carbons (Fsp3) is 0.0625. The first kappa shape index (κ1) is 14.0. The van der Waals surface area contributed by atoms with Crippen LogP contribution in [-0.2, 0) is 6.42 Å². The number of Topliss-reactive ketones (excluding diaryl/α,β-unsaturated/α-hetero) is 1. The van der Waals surface area contributed by atoms with E-state index in [-0.39, 0.29) is 5.78 Å². The van der Waals surface area contributed by atoms with Crippen molar-refractivity contribution in [2.45, 2.75) is 6.42 Å². The Morgan fingerprint density at radius 2 is 1.75 bits per heavy atom. The van der Waals surface area contributed by atoms with Gasteiger partial charge >= 0.3 is 0 Å². The van der Waals surface area contributed by atoms with Gasteiger partial charge in [0.15, 0.2) is 5.78 Å². The third kappa shape index (κ3) is 2.87. The van der Waals surface area contributed by atoms with Crippen LogP contribution < -0.4 is 0 Å². The lowest BCUT2D eigenvalue weighted by molar-refractivity contribution is 0.0994. The summed E-state index contributed by atoms with van der Waals surface area (Å²) in [5.41, 5.74) is 0.764. The second-order valence-electron chi connectivity index (χ2n) is 4.50. The predicted octanol–water partition coefficient (Wildman–Crippen LogP) is 5.85. The van der Waals surface area contributed by atoms with Crippen molar-refractivity contribution in [2.75, 3.05) is 0 Å². The van der Waals surface area contributed by atoms with Gasteiger partial charge in [0, 0.05) is 25.8 Å². The summed E-state index contributed by atoms with van der Waals surface area (Å²) >= 11 is 8.53. The maximum absolute atomic E-state index is 12.4. The first-order valence-electron chi connectivity index (χ1n) is 6.08. The van der Waals surface area contributed by atoms with Crippen LogP contribution in [0.5, 0.6) is 0 Å². The van der Waals surface area contributed by atoms with Crippen molar-refractivity contribution < 1.29 is 4.79 Å². The maximum atomic E-state index is 12.4. The molecule has 0 amide bonds. The molecule has 4 heteroatoms. The van der Waals surface area contributed by atoms with Gasteiger partial charge in [0.1, 0.15) is 0 Å². The lowest BCUT2D eigenvalue weighted by Gasteiger charge is -2.04. The zero-order valence-electron chi connectivity index (χ0n) is 10.4. The van der Waals surface area contributed by atoms with Crippen molar-refractivity contribution in [2.24, 2.45) is 0 Å². The summed E-state index contributed by atoms with van der Waals surface area (Å²) in [6, 6.07) is 13.9. The van der Waals surface area contributed by atoms with E-state index in [4.69, 9.17) is 0 Å². The van der Waals surface area contributed by atoms with Crippen LogP contribution in [0.25, 0.3) is 10.8 Å². The number of carbonyl (C=O) groups is 1. The highest BCUT2D eigenvalue weighted by Crippen LogP contribution is 2.25. The van der Waals surface area contributed by atoms with E-state index in [2.05, 4.69) is 37.9 Å². The first-order chi connectivity index (χ1) is 9.63. The van der Waals surface area contributed by atoms with E-state index < -0.39 is 0 Å². The number of hydrogen-bond acceptors (Lipinski definition) is 2. The van der Waals surface area contributed by atoms with Crippen LogP contribution in [0.2, 0.25) is 0 Å². The van der Waals surface area contributed by atoms with E-state index in [1.165, 1.54) is 0 Å². The van der Waals surface area contributed by atoms with Crippen LogP contribution >= 0.6 is 43.2 Å². The van der Waals surface area contributed by atoms with Gasteiger partial charge in [0.2, 0.25) is 0 Å². The molecule has 1 aromatic heterocycles. The lowest BCUT2D eigenvalue weighted by Crippen LogP contribution is -2.02. The predicted molar refractivity (Wildman–Crippen MR) is 91.7 cm³/mol. The second-order valence-corrected chi connectivity index (χ2v) is 7.27. The summed E-state index contributed by atoms with van der Waals surface area (Å²) in [5.74, 6) is 0.151. The third-order valence-corrected chi connectivity index (χ3v) is 5.56. The maximum Gasteiger partial charge on any atom is 0.168 e. The van der Waals surface area contributed by atoms with Gasteiger partial charge in [-0.2, -0.15) is 0 Å². The summed E-state index contributed by atoms with van der Waals surface area (Å²) in [6.45, 7) is 0.